The van der Waals surface area contributed by atoms with Crippen molar-refractivity contribution in [3.8, 4) is 11.5 Å². The van der Waals surface area contributed by atoms with Gasteiger partial charge >= 0.3 is 0 Å². The van der Waals surface area contributed by atoms with Gasteiger partial charge in [-0.05, 0) is 55.0 Å². The van der Waals surface area contributed by atoms with Crippen LogP contribution in [0.1, 0.15) is 42.7 Å². The number of hydrogen-bond acceptors (Lipinski definition) is 3. The Hall–Kier alpha value is -1.22. The molecule has 3 atom stereocenters. The van der Waals surface area contributed by atoms with Crippen molar-refractivity contribution in [2.75, 3.05) is 13.3 Å². The molecule has 3 nitrogen and oxygen atoms in total. The van der Waals surface area contributed by atoms with Crippen LogP contribution < -0.4 is 9.47 Å². The summed E-state index contributed by atoms with van der Waals surface area (Å²) in [5.74, 6) is 3.59. The normalized spacial score (nSPS) is 35.1. The van der Waals surface area contributed by atoms with E-state index < -0.39 is 0 Å². The van der Waals surface area contributed by atoms with Crippen LogP contribution >= 0.6 is 0 Å². The van der Waals surface area contributed by atoms with Gasteiger partial charge in [0.2, 0.25) is 6.79 Å². The summed E-state index contributed by atoms with van der Waals surface area (Å²) >= 11 is 0. The topological polar surface area (TPSA) is 21.7 Å². The quantitative estimate of drug-likeness (QED) is 0.713. The zero-order valence-corrected chi connectivity index (χ0v) is 11.1. The standard InChI is InChI=1S/C16H19NO2/c1-2-10-4-5-17-8-11-6-14-15(19-9-18-14)7-13(11)12(3-1)16(10)17/h6-7,10,12,16H,1-5,8-9H2/t10-,12+,16-/m1/s1. The van der Waals surface area contributed by atoms with Crippen molar-refractivity contribution >= 4 is 0 Å². The van der Waals surface area contributed by atoms with Crippen LogP contribution in [0.15, 0.2) is 12.1 Å². The fraction of sp³-hybridized carbons (Fsp3) is 0.625. The van der Waals surface area contributed by atoms with Crippen molar-refractivity contribution in [3.63, 3.8) is 0 Å². The lowest BCUT2D eigenvalue weighted by atomic mass is 9.71. The van der Waals surface area contributed by atoms with Gasteiger partial charge in [-0.25, -0.2) is 0 Å². The van der Waals surface area contributed by atoms with Crippen LogP contribution in [0.5, 0.6) is 11.5 Å². The second-order valence-corrected chi connectivity index (χ2v) is 6.45. The highest BCUT2D eigenvalue weighted by Crippen LogP contribution is 2.51. The van der Waals surface area contributed by atoms with Crippen molar-refractivity contribution in [1.82, 2.24) is 4.90 Å². The first kappa shape index (κ1) is 10.6. The number of hydrogen-bond donors (Lipinski definition) is 0. The van der Waals surface area contributed by atoms with Crippen molar-refractivity contribution in [2.24, 2.45) is 5.92 Å². The van der Waals surface area contributed by atoms with Gasteiger partial charge < -0.3 is 9.47 Å². The van der Waals surface area contributed by atoms with Crippen LogP contribution in [0.25, 0.3) is 0 Å². The highest BCUT2D eigenvalue weighted by atomic mass is 16.7. The van der Waals surface area contributed by atoms with Crippen LogP contribution in [0, 0.1) is 5.92 Å². The zero-order valence-electron chi connectivity index (χ0n) is 11.1. The molecule has 1 aliphatic carbocycles. The molecule has 0 bridgehead atoms. The lowest BCUT2D eigenvalue weighted by molar-refractivity contribution is 0.134. The van der Waals surface area contributed by atoms with E-state index in [0.717, 1.165) is 35.9 Å². The average molecular weight is 257 g/mol. The smallest absolute Gasteiger partial charge is 0.231 e. The molecule has 0 spiro atoms. The first-order chi connectivity index (χ1) is 9.40. The van der Waals surface area contributed by atoms with Crippen LogP contribution in [0.2, 0.25) is 0 Å². The molecule has 2 fully saturated rings. The fourth-order valence-corrected chi connectivity index (χ4v) is 4.84. The summed E-state index contributed by atoms with van der Waals surface area (Å²) in [5, 5.41) is 0. The maximum Gasteiger partial charge on any atom is 0.231 e. The lowest BCUT2D eigenvalue weighted by Crippen LogP contribution is -2.43. The van der Waals surface area contributed by atoms with Gasteiger partial charge in [-0.2, -0.15) is 0 Å². The largest absolute Gasteiger partial charge is 0.454 e. The molecule has 100 valence electrons. The van der Waals surface area contributed by atoms with E-state index >= 15 is 0 Å². The highest BCUT2D eigenvalue weighted by Gasteiger charge is 2.45. The molecule has 3 aliphatic heterocycles. The van der Waals surface area contributed by atoms with E-state index in [1.165, 1.54) is 37.8 Å². The Bertz CT molecular complexity index is 542. The molecule has 4 aliphatic rings. The van der Waals surface area contributed by atoms with Crippen molar-refractivity contribution in [2.45, 2.75) is 44.2 Å². The number of benzene rings is 1. The molecular formula is C16H19NO2. The van der Waals surface area contributed by atoms with Crippen molar-refractivity contribution < 1.29 is 9.47 Å². The Kier molecular flexibility index (Phi) is 2.03. The molecule has 0 N–H and O–H groups in total. The maximum absolute atomic E-state index is 5.58. The van der Waals surface area contributed by atoms with Crippen LogP contribution in [0.4, 0.5) is 0 Å². The summed E-state index contributed by atoms with van der Waals surface area (Å²) < 4.78 is 11.1. The molecule has 1 aromatic rings. The van der Waals surface area contributed by atoms with E-state index in [1.54, 1.807) is 5.56 Å². The summed E-state index contributed by atoms with van der Waals surface area (Å²) in [5.41, 5.74) is 3.03. The summed E-state index contributed by atoms with van der Waals surface area (Å²) in [6.45, 7) is 2.79. The average Bonchev–Trinajstić information content (AvgIpc) is 3.05. The third kappa shape index (κ3) is 1.37. The molecule has 19 heavy (non-hydrogen) atoms. The van der Waals surface area contributed by atoms with Gasteiger partial charge in [-0.1, -0.05) is 6.42 Å². The molecule has 0 unspecified atom stereocenters. The molecule has 0 radical (unpaired) electrons. The van der Waals surface area contributed by atoms with Gasteiger partial charge in [0.25, 0.3) is 0 Å². The van der Waals surface area contributed by atoms with Crippen LogP contribution in [-0.4, -0.2) is 24.3 Å². The Morgan fingerprint density at radius 1 is 1.05 bits per heavy atom. The van der Waals surface area contributed by atoms with Crippen molar-refractivity contribution in [3.05, 3.63) is 23.3 Å². The zero-order chi connectivity index (χ0) is 12.4. The Balaban J connectivity index is 1.65. The fourth-order valence-electron chi connectivity index (χ4n) is 4.84. The predicted octanol–water partition coefficient (Wildman–Crippen LogP) is 2.89. The van der Waals surface area contributed by atoms with Gasteiger partial charge in [-0.3, -0.25) is 4.90 Å². The Morgan fingerprint density at radius 3 is 2.89 bits per heavy atom. The van der Waals surface area contributed by atoms with Gasteiger partial charge in [0.1, 0.15) is 0 Å². The minimum absolute atomic E-state index is 0.388. The van der Waals surface area contributed by atoms with Gasteiger partial charge in [0.05, 0.1) is 0 Å². The van der Waals surface area contributed by atoms with E-state index in [4.69, 9.17) is 9.47 Å². The molecule has 3 heteroatoms. The van der Waals surface area contributed by atoms with Gasteiger partial charge in [0.15, 0.2) is 11.5 Å². The molecule has 1 saturated heterocycles. The maximum atomic E-state index is 5.58. The predicted molar refractivity (Wildman–Crippen MR) is 71.5 cm³/mol. The summed E-state index contributed by atoms with van der Waals surface area (Å²) in [6.07, 6.45) is 5.59. The molecule has 0 aromatic heterocycles. The SMILES string of the molecule is c1c2c(cc3c1OCO3)[C@@H]1CCC[C@@H]3CCN(C2)[C@H]31. The van der Waals surface area contributed by atoms with E-state index in [-0.39, 0.29) is 0 Å². The number of ether oxygens (including phenoxy) is 2. The van der Waals surface area contributed by atoms with Crippen LogP contribution in [0.3, 0.4) is 0 Å². The first-order valence-corrected chi connectivity index (χ1v) is 7.56. The summed E-state index contributed by atoms with van der Waals surface area (Å²) in [4.78, 5) is 2.72. The van der Waals surface area contributed by atoms with E-state index in [0.29, 0.717) is 6.79 Å². The molecule has 5 rings (SSSR count). The lowest BCUT2D eigenvalue weighted by Gasteiger charge is -2.43. The third-order valence-corrected chi connectivity index (χ3v) is 5.60. The van der Waals surface area contributed by atoms with E-state index in [2.05, 4.69) is 17.0 Å². The molecule has 3 heterocycles. The molecular weight excluding hydrogens is 238 g/mol. The number of nitrogens with zero attached hydrogens (tertiary/aromatic N) is 1. The van der Waals surface area contributed by atoms with Crippen molar-refractivity contribution in [1.29, 1.82) is 0 Å². The van der Waals surface area contributed by atoms with E-state index in [1.807, 2.05) is 0 Å². The minimum Gasteiger partial charge on any atom is -0.454 e. The van der Waals surface area contributed by atoms with Crippen LogP contribution in [-0.2, 0) is 6.54 Å². The minimum atomic E-state index is 0.388. The first-order valence-electron chi connectivity index (χ1n) is 7.56. The van der Waals surface area contributed by atoms with E-state index in [9.17, 15) is 0 Å². The summed E-state index contributed by atoms with van der Waals surface area (Å²) in [6, 6.07) is 5.32. The third-order valence-electron chi connectivity index (χ3n) is 5.60. The molecule has 0 amide bonds. The Labute approximate surface area is 113 Å². The number of rotatable bonds is 0. The van der Waals surface area contributed by atoms with Gasteiger partial charge in [0, 0.05) is 18.5 Å². The Morgan fingerprint density at radius 2 is 1.95 bits per heavy atom. The van der Waals surface area contributed by atoms with Gasteiger partial charge in [-0.15, -0.1) is 0 Å². The monoisotopic (exact) mass is 257 g/mol. The summed E-state index contributed by atoms with van der Waals surface area (Å²) in [7, 11) is 0. The second kappa shape index (κ2) is 3.66. The highest BCUT2D eigenvalue weighted by molar-refractivity contribution is 5.51. The molecule has 1 aromatic carbocycles. The second-order valence-electron chi connectivity index (χ2n) is 6.45. The number of fused-ring (bicyclic) bond motifs is 3. The molecule has 1 saturated carbocycles.